The van der Waals surface area contributed by atoms with Crippen LogP contribution in [0.2, 0.25) is 0 Å². The van der Waals surface area contributed by atoms with Crippen LogP contribution in [0.1, 0.15) is 12.8 Å². The SMILES string of the molecule is CN1CCCC(Oc2cc3ccccc3c(-c3ccccc3)n2)C1. The minimum absolute atomic E-state index is 0.223. The molecule has 2 heterocycles. The molecule has 0 radical (unpaired) electrons. The summed E-state index contributed by atoms with van der Waals surface area (Å²) in [7, 11) is 2.15. The molecule has 1 saturated heterocycles. The monoisotopic (exact) mass is 318 g/mol. The van der Waals surface area contributed by atoms with E-state index in [9.17, 15) is 0 Å². The normalized spacial score (nSPS) is 18.6. The summed E-state index contributed by atoms with van der Waals surface area (Å²) >= 11 is 0. The zero-order valence-corrected chi connectivity index (χ0v) is 14.0. The number of aromatic nitrogens is 1. The first kappa shape index (κ1) is 15.2. The number of nitrogens with zero attached hydrogens (tertiary/aromatic N) is 2. The molecule has 1 aromatic heterocycles. The van der Waals surface area contributed by atoms with Crippen molar-refractivity contribution in [3.8, 4) is 17.1 Å². The molecule has 1 unspecified atom stereocenters. The number of benzene rings is 2. The lowest BCUT2D eigenvalue weighted by atomic mass is 10.0. The summed E-state index contributed by atoms with van der Waals surface area (Å²) in [4.78, 5) is 7.18. The van der Waals surface area contributed by atoms with E-state index in [0.717, 1.165) is 42.0 Å². The van der Waals surface area contributed by atoms with Crippen molar-refractivity contribution in [2.75, 3.05) is 20.1 Å². The van der Waals surface area contributed by atoms with Crippen LogP contribution in [0.5, 0.6) is 5.88 Å². The van der Waals surface area contributed by atoms with Crippen LogP contribution in [-0.4, -0.2) is 36.1 Å². The Morgan fingerprint density at radius 3 is 2.67 bits per heavy atom. The first-order valence-corrected chi connectivity index (χ1v) is 8.60. The summed E-state index contributed by atoms with van der Waals surface area (Å²) in [6.07, 6.45) is 2.50. The molecule has 0 amide bonds. The molecule has 0 saturated carbocycles. The predicted octanol–water partition coefficient (Wildman–Crippen LogP) is 4.37. The van der Waals surface area contributed by atoms with Gasteiger partial charge in [-0.2, -0.15) is 0 Å². The molecular formula is C21H22N2O. The summed E-state index contributed by atoms with van der Waals surface area (Å²) in [5.74, 6) is 0.729. The fourth-order valence-electron chi connectivity index (χ4n) is 3.44. The quantitative estimate of drug-likeness (QED) is 0.717. The second-order valence-corrected chi connectivity index (χ2v) is 6.54. The van der Waals surface area contributed by atoms with Crippen LogP contribution in [0.3, 0.4) is 0 Å². The Kier molecular flexibility index (Phi) is 4.18. The second kappa shape index (κ2) is 6.62. The van der Waals surface area contributed by atoms with E-state index in [4.69, 9.17) is 9.72 Å². The number of ether oxygens (including phenoxy) is 1. The van der Waals surface area contributed by atoms with E-state index < -0.39 is 0 Å². The maximum absolute atomic E-state index is 6.24. The molecule has 24 heavy (non-hydrogen) atoms. The first-order chi connectivity index (χ1) is 11.8. The zero-order chi connectivity index (χ0) is 16.4. The van der Waals surface area contributed by atoms with Gasteiger partial charge in [0, 0.05) is 23.6 Å². The Hall–Kier alpha value is -2.39. The van der Waals surface area contributed by atoms with E-state index in [2.05, 4.69) is 66.5 Å². The van der Waals surface area contributed by atoms with Crippen molar-refractivity contribution in [2.45, 2.75) is 18.9 Å². The van der Waals surface area contributed by atoms with Gasteiger partial charge in [-0.1, -0.05) is 54.6 Å². The van der Waals surface area contributed by atoms with Gasteiger partial charge in [0.1, 0.15) is 6.10 Å². The van der Waals surface area contributed by atoms with E-state index in [1.807, 2.05) is 6.07 Å². The molecule has 122 valence electrons. The van der Waals surface area contributed by atoms with Gasteiger partial charge in [0.05, 0.1) is 5.69 Å². The third-order valence-electron chi connectivity index (χ3n) is 4.63. The Balaban J connectivity index is 1.74. The second-order valence-electron chi connectivity index (χ2n) is 6.54. The highest BCUT2D eigenvalue weighted by molar-refractivity contribution is 5.95. The largest absolute Gasteiger partial charge is 0.473 e. The van der Waals surface area contributed by atoms with Crippen LogP contribution >= 0.6 is 0 Å². The van der Waals surface area contributed by atoms with Crippen LogP contribution in [0.15, 0.2) is 60.7 Å². The van der Waals surface area contributed by atoms with Gasteiger partial charge < -0.3 is 9.64 Å². The fraction of sp³-hybridized carbons (Fsp3) is 0.286. The predicted molar refractivity (Wildman–Crippen MR) is 98.3 cm³/mol. The number of hydrogen-bond donors (Lipinski definition) is 0. The molecule has 0 N–H and O–H groups in total. The number of piperidine rings is 1. The highest BCUT2D eigenvalue weighted by Crippen LogP contribution is 2.30. The molecule has 2 aromatic carbocycles. The maximum Gasteiger partial charge on any atom is 0.214 e. The summed E-state index contributed by atoms with van der Waals surface area (Å²) in [6, 6.07) is 20.8. The van der Waals surface area contributed by atoms with Crippen LogP contribution in [0, 0.1) is 0 Å². The Morgan fingerprint density at radius 2 is 1.83 bits per heavy atom. The average molecular weight is 318 g/mol. The van der Waals surface area contributed by atoms with Gasteiger partial charge in [-0.05, 0) is 31.8 Å². The standard InChI is InChI=1S/C21H22N2O/c1-23-13-7-11-18(15-23)24-20-14-17-10-5-6-12-19(17)21(22-20)16-8-3-2-4-9-16/h2-6,8-10,12,14,18H,7,11,13,15H2,1H3. The molecule has 0 aliphatic carbocycles. The molecule has 0 bridgehead atoms. The van der Waals surface area contributed by atoms with Crippen molar-refractivity contribution in [1.29, 1.82) is 0 Å². The van der Waals surface area contributed by atoms with Crippen molar-refractivity contribution in [2.24, 2.45) is 0 Å². The van der Waals surface area contributed by atoms with E-state index in [0.29, 0.717) is 0 Å². The van der Waals surface area contributed by atoms with Gasteiger partial charge in [0.15, 0.2) is 0 Å². The average Bonchev–Trinajstić information content (AvgIpc) is 2.62. The first-order valence-electron chi connectivity index (χ1n) is 8.60. The highest BCUT2D eigenvalue weighted by Gasteiger charge is 2.19. The maximum atomic E-state index is 6.24. The molecule has 3 aromatic rings. The topological polar surface area (TPSA) is 25.4 Å². The number of likely N-dealkylation sites (N-methyl/N-ethyl adjacent to an activating group) is 1. The van der Waals surface area contributed by atoms with Gasteiger partial charge >= 0.3 is 0 Å². The molecule has 1 aliphatic heterocycles. The third-order valence-corrected chi connectivity index (χ3v) is 4.63. The molecular weight excluding hydrogens is 296 g/mol. The summed E-state index contributed by atoms with van der Waals surface area (Å²) in [6.45, 7) is 2.12. The van der Waals surface area contributed by atoms with E-state index >= 15 is 0 Å². The van der Waals surface area contributed by atoms with E-state index in [1.54, 1.807) is 0 Å². The minimum Gasteiger partial charge on any atom is -0.473 e. The van der Waals surface area contributed by atoms with Crippen LogP contribution in [0.4, 0.5) is 0 Å². The Morgan fingerprint density at radius 1 is 1.04 bits per heavy atom. The lowest BCUT2D eigenvalue weighted by molar-refractivity contribution is 0.100. The number of hydrogen-bond acceptors (Lipinski definition) is 3. The molecule has 3 nitrogen and oxygen atoms in total. The molecule has 0 spiro atoms. The Labute approximate surface area is 142 Å². The summed E-state index contributed by atoms with van der Waals surface area (Å²) < 4.78 is 6.24. The lowest BCUT2D eigenvalue weighted by Gasteiger charge is -2.29. The summed E-state index contributed by atoms with van der Waals surface area (Å²) in [5, 5.41) is 2.34. The number of pyridine rings is 1. The Bertz CT molecular complexity index is 832. The number of likely N-dealkylation sites (tertiary alicyclic amines) is 1. The fourth-order valence-corrected chi connectivity index (χ4v) is 3.44. The van der Waals surface area contributed by atoms with Crippen molar-refractivity contribution in [3.63, 3.8) is 0 Å². The lowest BCUT2D eigenvalue weighted by Crippen LogP contribution is -2.38. The molecule has 1 atom stereocenters. The van der Waals surface area contributed by atoms with Gasteiger partial charge in [0.2, 0.25) is 5.88 Å². The van der Waals surface area contributed by atoms with Crippen molar-refractivity contribution < 1.29 is 4.74 Å². The minimum atomic E-state index is 0.223. The van der Waals surface area contributed by atoms with Crippen molar-refractivity contribution in [1.82, 2.24) is 9.88 Å². The van der Waals surface area contributed by atoms with Gasteiger partial charge in [-0.3, -0.25) is 0 Å². The van der Waals surface area contributed by atoms with Crippen LogP contribution in [-0.2, 0) is 0 Å². The molecule has 4 rings (SSSR count). The summed E-state index contributed by atoms with van der Waals surface area (Å²) in [5.41, 5.74) is 2.12. The number of rotatable bonds is 3. The molecule has 1 fully saturated rings. The zero-order valence-electron chi connectivity index (χ0n) is 14.0. The van der Waals surface area contributed by atoms with Gasteiger partial charge in [-0.25, -0.2) is 4.98 Å². The molecule has 3 heteroatoms. The van der Waals surface area contributed by atoms with Crippen LogP contribution < -0.4 is 4.74 Å². The highest BCUT2D eigenvalue weighted by atomic mass is 16.5. The van der Waals surface area contributed by atoms with E-state index in [-0.39, 0.29) is 6.10 Å². The molecule has 1 aliphatic rings. The van der Waals surface area contributed by atoms with Crippen molar-refractivity contribution in [3.05, 3.63) is 60.7 Å². The van der Waals surface area contributed by atoms with Crippen molar-refractivity contribution >= 4 is 10.8 Å². The van der Waals surface area contributed by atoms with Gasteiger partial charge in [0.25, 0.3) is 0 Å². The van der Waals surface area contributed by atoms with E-state index in [1.165, 1.54) is 11.8 Å². The third kappa shape index (κ3) is 3.13. The smallest absolute Gasteiger partial charge is 0.214 e. The number of fused-ring (bicyclic) bond motifs is 1. The van der Waals surface area contributed by atoms with Crippen LogP contribution in [0.25, 0.3) is 22.0 Å². The van der Waals surface area contributed by atoms with Gasteiger partial charge in [-0.15, -0.1) is 0 Å².